The highest BCUT2D eigenvalue weighted by molar-refractivity contribution is 6.06. The van der Waals surface area contributed by atoms with E-state index in [4.69, 9.17) is 4.42 Å². The molecule has 0 fully saturated rings. The molecule has 0 saturated heterocycles. The van der Waals surface area contributed by atoms with Crippen molar-refractivity contribution in [2.75, 3.05) is 10.6 Å². The fraction of sp³-hybridized carbons (Fsp3) is 0.200. The lowest BCUT2D eigenvalue weighted by molar-refractivity contribution is -0.114. The zero-order valence-electron chi connectivity index (χ0n) is 14.7. The van der Waals surface area contributed by atoms with Crippen molar-refractivity contribution in [2.45, 2.75) is 27.7 Å². The molecule has 3 aromatic rings. The number of amides is 2. The van der Waals surface area contributed by atoms with Gasteiger partial charge in [-0.2, -0.15) is 0 Å². The number of anilines is 2. The van der Waals surface area contributed by atoms with E-state index in [1.807, 2.05) is 32.9 Å². The van der Waals surface area contributed by atoms with Crippen molar-refractivity contribution in [1.29, 1.82) is 0 Å². The second kappa shape index (κ2) is 6.43. The maximum Gasteiger partial charge on any atom is 0.291 e. The van der Waals surface area contributed by atoms with Crippen molar-refractivity contribution in [1.82, 2.24) is 0 Å². The third kappa shape index (κ3) is 3.40. The first kappa shape index (κ1) is 16.8. The number of carbonyl (C=O) groups is 2. The quantitative estimate of drug-likeness (QED) is 0.736. The summed E-state index contributed by atoms with van der Waals surface area (Å²) in [6.45, 7) is 7.33. The number of hydrogen-bond donors (Lipinski definition) is 2. The highest BCUT2D eigenvalue weighted by Crippen LogP contribution is 2.29. The average molecular weight is 336 g/mol. The molecule has 0 saturated carbocycles. The van der Waals surface area contributed by atoms with Gasteiger partial charge < -0.3 is 15.1 Å². The number of nitrogens with one attached hydrogen (secondary N) is 2. The molecule has 0 bridgehead atoms. The number of rotatable bonds is 3. The van der Waals surface area contributed by atoms with Crippen molar-refractivity contribution in [3.8, 4) is 0 Å². The van der Waals surface area contributed by atoms with E-state index in [-0.39, 0.29) is 11.8 Å². The summed E-state index contributed by atoms with van der Waals surface area (Å²) in [6, 6.07) is 11.0. The highest BCUT2D eigenvalue weighted by Gasteiger charge is 2.19. The Balaban J connectivity index is 1.86. The molecule has 25 heavy (non-hydrogen) atoms. The molecular weight excluding hydrogens is 316 g/mol. The lowest BCUT2D eigenvalue weighted by Gasteiger charge is -2.06. The molecule has 1 aromatic heterocycles. The van der Waals surface area contributed by atoms with E-state index in [0.717, 1.165) is 27.7 Å². The van der Waals surface area contributed by atoms with Gasteiger partial charge >= 0.3 is 0 Å². The Morgan fingerprint density at radius 2 is 1.52 bits per heavy atom. The van der Waals surface area contributed by atoms with Gasteiger partial charge in [-0.15, -0.1) is 0 Å². The summed E-state index contributed by atoms with van der Waals surface area (Å²) in [5, 5.41) is 6.48. The lowest BCUT2D eigenvalue weighted by Crippen LogP contribution is -2.12. The van der Waals surface area contributed by atoms with E-state index in [1.54, 1.807) is 24.3 Å². The molecule has 0 aliphatic carbocycles. The van der Waals surface area contributed by atoms with E-state index < -0.39 is 0 Å². The van der Waals surface area contributed by atoms with E-state index in [2.05, 4.69) is 10.6 Å². The Labute approximate surface area is 146 Å². The zero-order chi connectivity index (χ0) is 18.1. The van der Waals surface area contributed by atoms with Crippen LogP contribution in [0.4, 0.5) is 11.4 Å². The summed E-state index contributed by atoms with van der Waals surface area (Å²) in [6.07, 6.45) is 0. The summed E-state index contributed by atoms with van der Waals surface area (Å²) < 4.78 is 5.83. The lowest BCUT2D eigenvalue weighted by atomic mass is 10.1. The molecule has 1 heterocycles. The Hall–Kier alpha value is -3.08. The fourth-order valence-electron chi connectivity index (χ4n) is 2.91. The van der Waals surface area contributed by atoms with Crippen LogP contribution < -0.4 is 10.6 Å². The number of carbonyl (C=O) groups excluding carboxylic acids is 2. The summed E-state index contributed by atoms with van der Waals surface area (Å²) in [7, 11) is 0. The summed E-state index contributed by atoms with van der Waals surface area (Å²) >= 11 is 0. The Morgan fingerprint density at radius 3 is 2.12 bits per heavy atom. The Kier molecular flexibility index (Phi) is 4.31. The first-order chi connectivity index (χ1) is 11.8. The summed E-state index contributed by atoms with van der Waals surface area (Å²) in [4.78, 5) is 23.6. The molecule has 2 aromatic carbocycles. The Morgan fingerprint density at radius 1 is 0.920 bits per heavy atom. The molecule has 5 nitrogen and oxygen atoms in total. The summed E-state index contributed by atoms with van der Waals surface area (Å²) in [5.41, 5.74) is 5.03. The second-order valence-electron chi connectivity index (χ2n) is 6.23. The normalized spacial score (nSPS) is 10.7. The van der Waals surface area contributed by atoms with Gasteiger partial charge in [-0.05, 0) is 62.2 Å². The third-order valence-electron chi connectivity index (χ3n) is 4.04. The Bertz CT molecular complexity index is 969. The van der Waals surface area contributed by atoms with Gasteiger partial charge in [0.25, 0.3) is 5.91 Å². The molecular formula is C20H20N2O3. The number of aryl methyl sites for hydroxylation is 3. The van der Waals surface area contributed by atoms with Gasteiger partial charge in [0.15, 0.2) is 5.76 Å². The minimum absolute atomic E-state index is 0.139. The molecule has 128 valence electrons. The molecule has 0 radical (unpaired) electrons. The van der Waals surface area contributed by atoms with Gasteiger partial charge in [0.2, 0.25) is 5.91 Å². The number of fused-ring (bicyclic) bond motifs is 1. The van der Waals surface area contributed by atoms with Crippen LogP contribution in [0.1, 0.15) is 34.2 Å². The van der Waals surface area contributed by atoms with Gasteiger partial charge in [0.1, 0.15) is 5.58 Å². The SMILES string of the molecule is CC(=O)Nc1ccc(NC(=O)c2oc3c(C)cc(C)cc3c2C)cc1. The largest absolute Gasteiger partial charge is 0.450 e. The minimum Gasteiger partial charge on any atom is -0.450 e. The van der Waals surface area contributed by atoms with Gasteiger partial charge in [0.05, 0.1) is 0 Å². The molecule has 0 atom stereocenters. The first-order valence-corrected chi connectivity index (χ1v) is 8.04. The minimum atomic E-state index is -0.293. The topological polar surface area (TPSA) is 71.3 Å². The molecule has 2 amide bonds. The van der Waals surface area contributed by atoms with Crippen LogP contribution in [-0.4, -0.2) is 11.8 Å². The second-order valence-corrected chi connectivity index (χ2v) is 6.23. The smallest absolute Gasteiger partial charge is 0.291 e. The first-order valence-electron chi connectivity index (χ1n) is 8.04. The predicted molar refractivity (Wildman–Crippen MR) is 99.1 cm³/mol. The molecule has 5 heteroatoms. The standard InChI is InChI=1S/C20H20N2O3/c1-11-9-12(2)18-17(10-11)13(3)19(25-18)20(24)22-16-7-5-15(6-8-16)21-14(4)23/h5-10H,1-4H3,(H,21,23)(H,22,24). The van der Waals surface area contributed by atoms with Crippen LogP contribution >= 0.6 is 0 Å². The van der Waals surface area contributed by atoms with Gasteiger partial charge in [-0.3, -0.25) is 9.59 Å². The highest BCUT2D eigenvalue weighted by atomic mass is 16.3. The van der Waals surface area contributed by atoms with Crippen LogP contribution in [0, 0.1) is 20.8 Å². The van der Waals surface area contributed by atoms with Crippen LogP contribution in [0.15, 0.2) is 40.8 Å². The van der Waals surface area contributed by atoms with E-state index in [9.17, 15) is 9.59 Å². The van der Waals surface area contributed by atoms with Crippen molar-refractivity contribution in [3.05, 3.63) is 58.8 Å². The molecule has 0 unspecified atom stereocenters. The van der Waals surface area contributed by atoms with Gasteiger partial charge in [-0.25, -0.2) is 0 Å². The van der Waals surface area contributed by atoms with Gasteiger partial charge in [-0.1, -0.05) is 6.07 Å². The monoisotopic (exact) mass is 336 g/mol. The zero-order valence-corrected chi connectivity index (χ0v) is 14.7. The van der Waals surface area contributed by atoms with E-state index >= 15 is 0 Å². The number of benzene rings is 2. The predicted octanol–water partition coefficient (Wildman–Crippen LogP) is 4.57. The number of hydrogen-bond acceptors (Lipinski definition) is 3. The van der Waals surface area contributed by atoms with Crippen molar-refractivity contribution in [2.24, 2.45) is 0 Å². The fourth-order valence-corrected chi connectivity index (χ4v) is 2.91. The molecule has 0 spiro atoms. The van der Waals surface area contributed by atoms with Crippen LogP contribution in [0.5, 0.6) is 0 Å². The maximum atomic E-state index is 12.6. The van der Waals surface area contributed by atoms with E-state index in [0.29, 0.717) is 17.1 Å². The summed E-state index contributed by atoms with van der Waals surface area (Å²) in [5.74, 6) is -0.118. The average Bonchev–Trinajstić information content (AvgIpc) is 2.86. The van der Waals surface area contributed by atoms with Crippen molar-refractivity contribution in [3.63, 3.8) is 0 Å². The van der Waals surface area contributed by atoms with Crippen LogP contribution in [0.2, 0.25) is 0 Å². The van der Waals surface area contributed by atoms with Crippen LogP contribution in [0.3, 0.4) is 0 Å². The molecule has 3 rings (SSSR count). The molecule has 0 aliphatic rings. The van der Waals surface area contributed by atoms with Crippen molar-refractivity contribution < 1.29 is 14.0 Å². The molecule has 0 aliphatic heterocycles. The van der Waals surface area contributed by atoms with Gasteiger partial charge in [0, 0.05) is 29.2 Å². The van der Waals surface area contributed by atoms with Crippen LogP contribution in [0.25, 0.3) is 11.0 Å². The van der Waals surface area contributed by atoms with E-state index in [1.165, 1.54) is 6.92 Å². The van der Waals surface area contributed by atoms with Crippen molar-refractivity contribution >= 4 is 34.2 Å². The number of furan rings is 1. The maximum absolute atomic E-state index is 12.6. The molecule has 2 N–H and O–H groups in total. The third-order valence-corrected chi connectivity index (χ3v) is 4.04. The van der Waals surface area contributed by atoms with Crippen LogP contribution in [-0.2, 0) is 4.79 Å².